The fourth-order valence-corrected chi connectivity index (χ4v) is 5.94. The lowest BCUT2D eigenvalue weighted by atomic mass is 9.85. The molecule has 1 aromatic carbocycles. The van der Waals surface area contributed by atoms with Crippen molar-refractivity contribution in [3.05, 3.63) is 63.6 Å². The van der Waals surface area contributed by atoms with Crippen LogP contribution in [-0.2, 0) is 24.9 Å². The Bertz CT molecular complexity index is 1270. The monoisotopic (exact) mass is 508 g/mol. The summed E-state index contributed by atoms with van der Waals surface area (Å²) in [4.78, 5) is 16.5. The number of halogens is 1. The van der Waals surface area contributed by atoms with Gasteiger partial charge in [-0.25, -0.2) is 17.5 Å². The van der Waals surface area contributed by atoms with Crippen LogP contribution in [0.4, 0.5) is 5.69 Å². The zero-order valence-corrected chi connectivity index (χ0v) is 21.3. The molecule has 0 unspecified atom stereocenters. The molecular formula is C23H25ClN2O5S2. The van der Waals surface area contributed by atoms with Crippen molar-refractivity contribution < 1.29 is 22.7 Å². The fraction of sp³-hybridized carbons (Fsp3) is 0.304. The van der Waals surface area contributed by atoms with Gasteiger partial charge in [0.05, 0.1) is 22.7 Å². The number of benzene rings is 1. The normalized spacial score (nSPS) is 11.9. The molecule has 0 bridgehead atoms. The summed E-state index contributed by atoms with van der Waals surface area (Å²) in [5.74, 6) is -0.628. The van der Waals surface area contributed by atoms with E-state index in [9.17, 15) is 13.2 Å². The maximum atomic E-state index is 14.0. The van der Waals surface area contributed by atoms with Gasteiger partial charge < -0.3 is 9.47 Å². The van der Waals surface area contributed by atoms with E-state index in [1.165, 1.54) is 20.4 Å². The van der Waals surface area contributed by atoms with Gasteiger partial charge in [-0.3, -0.25) is 4.98 Å². The first-order valence-electron chi connectivity index (χ1n) is 9.94. The highest BCUT2D eigenvalue weighted by molar-refractivity contribution is 7.93. The van der Waals surface area contributed by atoms with Crippen molar-refractivity contribution in [3.63, 3.8) is 0 Å². The van der Waals surface area contributed by atoms with Gasteiger partial charge in [-0.1, -0.05) is 38.4 Å². The van der Waals surface area contributed by atoms with Crippen molar-refractivity contribution in [2.24, 2.45) is 0 Å². The van der Waals surface area contributed by atoms with Gasteiger partial charge in [0, 0.05) is 30.6 Å². The van der Waals surface area contributed by atoms with E-state index in [2.05, 4.69) is 4.98 Å². The van der Waals surface area contributed by atoms with E-state index in [1.807, 2.05) is 26.8 Å². The Morgan fingerprint density at radius 2 is 1.88 bits per heavy atom. The minimum Gasteiger partial charge on any atom is -0.465 e. The van der Waals surface area contributed by atoms with E-state index in [0.29, 0.717) is 16.1 Å². The molecule has 3 aromatic rings. The van der Waals surface area contributed by atoms with E-state index < -0.39 is 16.0 Å². The third kappa shape index (κ3) is 5.06. The first-order valence-corrected chi connectivity index (χ1v) is 12.6. The van der Waals surface area contributed by atoms with E-state index in [1.54, 1.807) is 35.8 Å². The lowest BCUT2D eigenvalue weighted by Crippen LogP contribution is -2.34. The van der Waals surface area contributed by atoms with Crippen LogP contribution in [0.15, 0.2) is 53.0 Å². The van der Waals surface area contributed by atoms with Gasteiger partial charge in [0.1, 0.15) is 11.6 Å². The molecule has 176 valence electrons. The summed E-state index contributed by atoms with van der Waals surface area (Å²) in [6.45, 7) is 5.83. The number of nitrogens with zero attached hydrogens (tertiary/aromatic N) is 2. The van der Waals surface area contributed by atoms with Gasteiger partial charge in [0.15, 0.2) is 0 Å². The predicted molar refractivity (Wildman–Crippen MR) is 131 cm³/mol. The molecule has 0 amide bonds. The van der Waals surface area contributed by atoms with Gasteiger partial charge in [-0.05, 0) is 40.6 Å². The van der Waals surface area contributed by atoms with E-state index in [-0.39, 0.29) is 27.6 Å². The van der Waals surface area contributed by atoms with Crippen LogP contribution in [0.1, 0.15) is 36.0 Å². The van der Waals surface area contributed by atoms with Gasteiger partial charge in [0.2, 0.25) is 0 Å². The van der Waals surface area contributed by atoms with Crippen molar-refractivity contribution >= 4 is 44.6 Å². The SMILES string of the molecule is COCN(c1ccsc1C(=O)OC)S(=O)(=O)c1ccc(C(C)(C)C)cc1-c1ccncc1Cl. The minimum absolute atomic E-state index is 0.0302. The van der Waals surface area contributed by atoms with Crippen molar-refractivity contribution in [1.82, 2.24) is 4.98 Å². The second-order valence-electron chi connectivity index (χ2n) is 8.21. The Morgan fingerprint density at radius 1 is 1.15 bits per heavy atom. The molecule has 2 aromatic heterocycles. The quantitative estimate of drug-likeness (QED) is 0.316. The highest BCUT2D eigenvalue weighted by Gasteiger charge is 2.33. The molecule has 0 spiro atoms. The number of anilines is 1. The number of thiophene rings is 1. The Hall–Kier alpha value is -2.46. The van der Waals surface area contributed by atoms with Crippen molar-refractivity contribution in [2.45, 2.75) is 31.1 Å². The topological polar surface area (TPSA) is 85.8 Å². The number of pyridine rings is 1. The maximum Gasteiger partial charge on any atom is 0.350 e. The van der Waals surface area contributed by atoms with Gasteiger partial charge in [-0.15, -0.1) is 11.3 Å². The lowest BCUT2D eigenvalue weighted by Gasteiger charge is -2.26. The van der Waals surface area contributed by atoms with E-state index in [0.717, 1.165) is 21.2 Å². The zero-order chi connectivity index (χ0) is 24.4. The number of carbonyl (C=O) groups excluding carboxylic acids is 1. The second kappa shape index (κ2) is 9.80. The van der Waals surface area contributed by atoms with Crippen LogP contribution in [-0.4, -0.2) is 40.3 Å². The molecule has 33 heavy (non-hydrogen) atoms. The molecule has 0 fully saturated rings. The molecule has 10 heteroatoms. The number of carbonyl (C=O) groups is 1. The fourth-order valence-electron chi connectivity index (χ4n) is 3.27. The first kappa shape index (κ1) is 25.2. The minimum atomic E-state index is -4.18. The lowest BCUT2D eigenvalue weighted by molar-refractivity contribution is 0.0607. The molecule has 0 radical (unpaired) electrons. The molecule has 0 atom stereocenters. The summed E-state index contributed by atoms with van der Waals surface area (Å²) in [7, 11) is -1.55. The molecule has 0 saturated heterocycles. The van der Waals surface area contributed by atoms with E-state index >= 15 is 0 Å². The van der Waals surface area contributed by atoms with E-state index in [4.69, 9.17) is 21.1 Å². The molecule has 2 heterocycles. The Balaban J connectivity index is 2.28. The number of esters is 1. The van der Waals surface area contributed by atoms with Gasteiger partial charge >= 0.3 is 5.97 Å². The average Bonchev–Trinajstić information content (AvgIpc) is 3.25. The highest BCUT2D eigenvalue weighted by atomic mass is 35.5. The van der Waals surface area contributed by atoms with Crippen molar-refractivity contribution in [3.8, 4) is 11.1 Å². The van der Waals surface area contributed by atoms with Crippen LogP contribution in [0.2, 0.25) is 5.02 Å². The smallest absolute Gasteiger partial charge is 0.350 e. The summed E-state index contributed by atoms with van der Waals surface area (Å²) in [6.07, 6.45) is 3.03. The molecule has 0 aliphatic carbocycles. The second-order valence-corrected chi connectivity index (χ2v) is 11.4. The predicted octanol–water partition coefficient (Wildman–Crippen LogP) is 5.35. The van der Waals surface area contributed by atoms with Crippen molar-refractivity contribution in [1.29, 1.82) is 0 Å². The number of hydrogen-bond donors (Lipinski definition) is 0. The molecule has 0 N–H and O–H groups in total. The summed E-state index contributed by atoms with van der Waals surface area (Å²) in [5, 5.41) is 1.95. The highest BCUT2D eigenvalue weighted by Crippen LogP contribution is 2.39. The summed E-state index contributed by atoms with van der Waals surface area (Å²) >= 11 is 7.51. The van der Waals surface area contributed by atoms with Crippen LogP contribution < -0.4 is 4.31 Å². The number of ether oxygens (including phenoxy) is 2. The number of rotatable bonds is 7. The first-order chi connectivity index (χ1) is 15.5. The standard InChI is InChI=1S/C23H25ClN2O5S2/c1-23(2,3)15-6-7-20(17(12-15)16-8-10-25-13-18(16)24)33(28,29)26(14-30-4)19-9-11-32-21(19)22(27)31-5/h6-13H,14H2,1-5H3. The third-order valence-corrected chi connectivity index (χ3v) is 7.99. The van der Waals surface area contributed by atoms with Crippen LogP contribution in [0.25, 0.3) is 11.1 Å². The average molecular weight is 509 g/mol. The van der Waals surface area contributed by atoms with Crippen LogP contribution >= 0.6 is 22.9 Å². The summed E-state index contributed by atoms with van der Waals surface area (Å²) in [6, 6.07) is 8.40. The Morgan fingerprint density at radius 3 is 2.48 bits per heavy atom. The molecule has 0 aliphatic rings. The van der Waals surface area contributed by atoms with Crippen LogP contribution in [0.3, 0.4) is 0 Å². The Labute approximate surface area is 203 Å². The molecule has 0 aliphatic heterocycles. The largest absolute Gasteiger partial charge is 0.465 e. The van der Waals surface area contributed by atoms with Crippen LogP contribution in [0, 0.1) is 0 Å². The number of sulfonamides is 1. The maximum absolute atomic E-state index is 14.0. The van der Waals surface area contributed by atoms with Crippen LogP contribution in [0.5, 0.6) is 0 Å². The Kier molecular flexibility index (Phi) is 7.48. The summed E-state index contributed by atoms with van der Waals surface area (Å²) < 4.78 is 39.1. The third-order valence-electron chi connectivity index (χ3n) is 5.01. The van der Waals surface area contributed by atoms with Crippen molar-refractivity contribution in [2.75, 3.05) is 25.3 Å². The van der Waals surface area contributed by atoms with Gasteiger partial charge in [0.25, 0.3) is 10.0 Å². The zero-order valence-electron chi connectivity index (χ0n) is 19.0. The molecule has 3 rings (SSSR count). The number of aromatic nitrogens is 1. The van der Waals surface area contributed by atoms with Gasteiger partial charge in [-0.2, -0.15) is 0 Å². The number of hydrogen-bond acceptors (Lipinski definition) is 7. The number of methoxy groups -OCH3 is 2. The molecular weight excluding hydrogens is 484 g/mol. The molecule has 7 nitrogen and oxygen atoms in total. The summed E-state index contributed by atoms with van der Waals surface area (Å²) in [5.41, 5.74) is 1.86. The molecule has 0 saturated carbocycles.